The highest BCUT2D eigenvalue weighted by molar-refractivity contribution is 6.28. The van der Waals surface area contributed by atoms with Crippen LogP contribution >= 0.6 is 11.6 Å². The highest BCUT2D eigenvalue weighted by Crippen LogP contribution is 2.26. The first kappa shape index (κ1) is 26.5. The maximum absolute atomic E-state index is 13.2. The van der Waals surface area contributed by atoms with Crippen LogP contribution in [0.2, 0.25) is 0 Å². The minimum Gasteiger partial charge on any atom is -0.496 e. The minimum atomic E-state index is -0.905. The molecule has 190 valence electrons. The molecule has 3 rings (SSSR count). The lowest BCUT2D eigenvalue weighted by molar-refractivity contribution is -0.131. The number of ketones is 1. The maximum Gasteiger partial charge on any atom is 0.268 e. The van der Waals surface area contributed by atoms with Crippen LogP contribution in [0.4, 0.5) is 0 Å². The van der Waals surface area contributed by atoms with Gasteiger partial charge >= 0.3 is 0 Å². The molecule has 0 bridgehead atoms. The van der Waals surface area contributed by atoms with Crippen LogP contribution in [0.25, 0.3) is 10.9 Å². The number of ether oxygens (including phenoxy) is 1. The number of amides is 3. The number of alkyl halides is 1. The number of Topliss-reactive ketones (excluding diaryl/α,β-unsaturated/α-hetero) is 1. The first-order valence-electron chi connectivity index (χ1n) is 11.9. The highest BCUT2D eigenvalue weighted by atomic mass is 35.5. The van der Waals surface area contributed by atoms with Gasteiger partial charge in [-0.2, -0.15) is 0 Å². The normalized spacial score (nSPS) is 17.5. The van der Waals surface area contributed by atoms with Gasteiger partial charge < -0.3 is 25.7 Å². The predicted octanol–water partition coefficient (Wildman–Crippen LogP) is 2.53. The molecule has 0 saturated carbocycles. The Hall–Kier alpha value is -3.07. The molecule has 0 aliphatic carbocycles. The van der Waals surface area contributed by atoms with E-state index in [0.29, 0.717) is 30.8 Å². The van der Waals surface area contributed by atoms with E-state index in [0.717, 1.165) is 17.3 Å². The van der Waals surface area contributed by atoms with Crippen LogP contribution in [0.3, 0.4) is 0 Å². The van der Waals surface area contributed by atoms with Crippen molar-refractivity contribution in [2.45, 2.75) is 51.6 Å². The van der Waals surface area contributed by atoms with E-state index in [1.54, 1.807) is 19.2 Å². The fraction of sp³-hybridized carbons (Fsp3) is 0.520. The quantitative estimate of drug-likeness (QED) is 0.349. The van der Waals surface area contributed by atoms with Gasteiger partial charge in [-0.15, -0.1) is 11.6 Å². The molecule has 1 aromatic carbocycles. The van der Waals surface area contributed by atoms with E-state index in [2.05, 4.69) is 20.9 Å². The monoisotopic (exact) mass is 504 g/mol. The standard InChI is InChI=1S/C25H33ClN4O5/c1-14(2)10-19(30-25(34)20-12-16-17(28-20)7-4-8-22(16)35-3)24(33)29-18(21(31)13-26)11-15-6-5-9-27-23(15)32/h4,7-8,12,14-15,18-19,28H,5-6,9-11,13H2,1-3H3,(H,27,32)(H,29,33)(H,30,34)/t15-,18-,19-/m0/s1. The summed E-state index contributed by atoms with van der Waals surface area (Å²) in [4.78, 5) is 54.0. The van der Waals surface area contributed by atoms with Crippen molar-refractivity contribution < 1.29 is 23.9 Å². The van der Waals surface area contributed by atoms with Gasteiger partial charge in [0.1, 0.15) is 17.5 Å². The van der Waals surface area contributed by atoms with Crippen LogP contribution in [-0.2, 0) is 14.4 Å². The molecule has 4 N–H and O–H groups in total. The Morgan fingerprint density at radius 1 is 1.20 bits per heavy atom. The van der Waals surface area contributed by atoms with Crippen molar-refractivity contribution in [3.8, 4) is 5.75 Å². The summed E-state index contributed by atoms with van der Waals surface area (Å²) in [6.45, 7) is 4.49. The van der Waals surface area contributed by atoms with Gasteiger partial charge in [0.2, 0.25) is 11.8 Å². The average Bonchev–Trinajstić information content (AvgIpc) is 3.28. The number of hydrogen-bond acceptors (Lipinski definition) is 5. The molecule has 35 heavy (non-hydrogen) atoms. The van der Waals surface area contributed by atoms with Crippen molar-refractivity contribution >= 4 is 46.0 Å². The van der Waals surface area contributed by atoms with Gasteiger partial charge in [-0.05, 0) is 49.8 Å². The third-order valence-corrected chi connectivity index (χ3v) is 6.44. The molecule has 1 fully saturated rings. The number of aromatic nitrogens is 1. The van der Waals surface area contributed by atoms with Gasteiger partial charge in [-0.1, -0.05) is 19.9 Å². The summed E-state index contributed by atoms with van der Waals surface area (Å²) in [7, 11) is 1.56. The van der Waals surface area contributed by atoms with Crippen molar-refractivity contribution in [1.82, 2.24) is 20.9 Å². The van der Waals surface area contributed by atoms with Gasteiger partial charge in [-0.25, -0.2) is 0 Å². The van der Waals surface area contributed by atoms with Gasteiger partial charge in [0.05, 0.1) is 19.0 Å². The molecule has 3 amide bonds. The van der Waals surface area contributed by atoms with Gasteiger partial charge in [0.25, 0.3) is 5.91 Å². The fourth-order valence-corrected chi connectivity index (χ4v) is 4.53. The lowest BCUT2D eigenvalue weighted by atomic mass is 9.90. The summed E-state index contributed by atoms with van der Waals surface area (Å²) in [5, 5.41) is 9.08. The molecule has 0 spiro atoms. The van der Waals surface area contributed by atoms with Crippen molar-refractivity contribution in [3.05, 3.63) is 30.0 Å². The topological polar surface area (TPSA) is 129 Å². The SMILES string of the molecule is COc1cccc2[nH]c(C(=O)N[C@@H](CC(C)C)C(=O)N[C@@H](C[C@@H]3CCCNC3=O)C(=O)CCl)cc12. The Balaban J connectivity index is 1.75. The number of carbonyl (C=O) groups is 4. The number of rotatable bonds is 11. The number of aromatic amines is 1. The smallest absolute Gasteiger partial charge is 0.268 e. The zero-order valence-corrected chi connectivity index (χ0v) is 21.0. The number of fused-ring (bicyclic) bond motifs is 1. The van der Waals surface area contributed by atoms with Crippen LogP contribution in [0.5, 0.6) is 5.75 Å². The van der Waals surface area contributed by atoms with E-state index >= 15 is 0 Å². The molecule has 0 radical (unpaired) electrons. The summed E-state index contributed by atoms with van der Waals surface area (Å²) in [6.07, 6.45) is 2.00. The molecule has 9 nitrogen and oxygen atoms in total. The second-order valence-corrected chi connectivity index (χ2v) is 9.55. The summed E-state index contributed by atoms with van der Waals surface area (Å²) >= 11 is 5.79. The van der Waals surface area contributed by atoms with Crippen LogP contribution in [0.1, 0.15) is 50.0 Å². The fourth-order valence-electron chi connectivity index (χ4n) is 4.35. The molecular formula is C25H33ClN4O5. The van der Waals surface area contributed by atoms with Crippen molar-refractivity contribution in [2.24, 2.45) is 11.8 Å². The second-order valence-electron chi connectivity index (χ2n) is 9.29. The first-order chi connectivity index (χ1) is 16.7. The molecule has 3 atom stereocenters. The number of methoxy groups -OCH3 is 1. The van der Waals surface area contributed by atoms with Crippen molar-refractivity contribution in [3.63, 3.8) is 0 Å². The molecule has 1 saturated heterocycles. The summed E-state index contributed by atoms with van der Waals surface area (Å²) in [6, 6.07) is 5.34. The largest absolute Gasteiger partial charge is 0.496 e. The van der Waals surface area contributed by atoms with E-state index in [4.69, 9.17) is 16.3 Å². The third-order valence-electron chi connectivity index (χ3n) is 6.17. The predicted molar refractivity (Wildman–Crippen MR) is 134 cm³/mol. The number of halogens is 1. The summed E-state index contributed by atoms with van der Waals surface area (Å²) in [5.41, 5.74) is 1.02. The van der Waals surface area contributed by atoms with Crippen LogP contribution < -0.4 is 20.7 Å². The number of piperidine rings is 1. The molecule has 1 aliphatic rings. The third kappa shape index (κ3) is 6.75. The lowest BCUT2D eigenvalue weighted by Crippen LogP contribution is -2.53. The van der Waals surface area contributed by atoms with E-state index in [1.807, 2.05) is 26.0 Å². The Morgan fingerprint density at radius 3 is 2.63 bits per heavy atom. The zero-order valence-electron chi connectivity index (χ0n) is 20.3. The number of carbonyl (C=O) groups excluding carboxylic acids is 4. The summed E-state index contributed by atoms with van der Waals surface area (Å²) < 4.78 is 5.35. The number of H-pyrrole nitrogens is 1. The van der Waals surface area contributed by atoms with Gasteiger partial charge in [-0.3, -0.25) is 19.2 Å². The van der Waals surface area contributed by atoms with Crippen LogP contribution in [0, 0.1) is 11.8 Å². The second kappa shape index (κ2) is 12.1. The lowest BCUT2D eigenvalue weighted by Gasteiger charge is -2.27. The molecule has 1 aliphatic heterocycles. The van der Waals surface area contributed by atoms with Gasteiger partial charge in [0.15, 0.2) is 5.78 Å². The minimum absolute atomic E-state index is 0.0974. The van der Waals surface area contributed by atoms with Gasteiger partial charge in [0, 0.05) is 23.4 Å². The average molecular weight is 505 g/mol. The molecule has 1 aromatic heterocycles. The van der Waals surface area contributed by atoms with Crippen molar-refractivity contribution in [1.29, 1.82) is 0 Å². The Bertz CT molecular complexity index is 1080. The molecule has 2 aromatic rings. The van der Waals surface area contributed by atoms with E-state index in [9.17, 15) is 19.2 Å². The zero-order chi connectivity index (χ0) is 25.5. The summed E-state index contributed by atoms with van der Waals surface area (Å²) in [5.74, 6) is -1.35. The Labute approximate surface area is 209 Å². The Kier molecular flexibility index (Phi) is 9.14. The maximum atomic E-state index is 13.2. The van der Waals surface area contributed by atoms with Crippen LogP contribution in [0.15, 0.2) is 24.3 Å². The molecule has 10 heteroatoms. The number of nitrogens with one attached hydrogen (secondary N) is 4. The van der Waals surface area contributed by atoms with E-state index < -0.39 is 23.9 Å². The molecular weight excluding hydrogens is 472 g/mol. The highest BCUT2D eigenvalue weighted by Gasteiger charge is 2.32. The number of benzene rings is 1. The Morgan fingerprint density at radius 2 is 1.97 bits per heavy atom. The van der Waals surface area contributed by atoms with E-state index in [-0.39, 0.29) is 35.8 Å². The van der Waals surface area contributed by atoms with E-state index in [1.165, 1.54) is 0 Å². The van der Waals surface area contributed by atoms with Crippen LogP contribution in [-0.4, -0.2) is 60.1 Å². The van der Waals surface area contributed by atoms with Crippen molar-refractivity contribution in [2.75, 3.05) is 19.5 Å². The molecule has 2 heterocycles. The number of hydrogen-bond donors (Lipinski definition) is 4. The first-order valence-corrected chi connectivity index (χ1v) is 12.4. The molecule has 0 unspecified atom stereocenters.